The van der Waals surface area contributed by atoms with Crippen LogP contribution < -0.4 is 15.5 Å². The summed E-state index contributed by atoms with van der Waals surface area (Å²) in [5, 5.41) is 5.35. The second kappa shape index (κ2) is 11.2. The molecule has 204 valence electrons. The van der Waals surface area contributed by atoms with Crippen LogP contribution in [0.1, 0.15) is 53.4 Å². The molecule has 0 saturated carbocycles. The molecule has 2 N–H and O–H groups in total. The molecule has 3 aliphatic heterocycles. The molecule has 10 heteroatoms. The number of imide groups is 1. The van der Waals surface area contributed by atoms with Crippen LogP contribution in [0.4, 0.5) is 20.6 Å². The highest BCUT2D eigenvalue weighted by molar-refractivity contribution is 6.01. The minimum absolute atomic E-state index is 0.228. The number of benzene rings is 1. The Labute approximate surface area is 218 Å². The quantitative estimate of drug-likeness (QED) is 0.580. The summed E-state index contributed by atoms with van der Waals surface area (Å²) in [7, 11) is 0. The normalized spacial score (nSPS) is 24.1. The van der Waals surface area contributed by atoms with Gasteiger partial charge in [0.15, 0.2) is 0 Å². The molecule has 3 saturated heterocycles. The molecule has 1 unspecified atom stereocenters. The third kappa shape index (κ3) is 7.12. The molecule has 0 spiro atoms. The topological polar surface area (TPSA) is 94.2 Å². The van der Waals surface area contributed by atoms with E-state index in [0.29, 0.717) is 23.7 Å². The van der Waals surface area contributed by atoms with Crippen molar-refractivity contribution in [1.29, 1.82) is 0 Å². The van der Waals surface area contributed by atoms with Crippen molar-refractivity contribution < 1.29 is 23.5 Å². The van der Waals surface area contributed by atoms with Crippen molar-refractivity contribution in [3.63, 3.8) is 0 Å². The summed E-state index contributed by atoms with van der Waals surface area (Å²) >= 11 is 0. The van der Waals surface area contributed by atoms with Crippen molar-refractivity contribution in [1.82, 2.24) is 15.1 Å². The second-order valence-corrected chi connectivity index (χ2v) is 11.5. The van der Waals surface area contributed by atoms with Crippen LogP contribution >= 0.6 is 0 Å². The van der Waals surface area contributed by atoms with Crippen LogP contribution in [0.2, 0.25) is 0 Å². The fraction of sp³-hybridized carbons (Fsp3) is 0.667. The van der Waals surface area contributed by atoms with E-state index >= 15 is 4.39 Å². The molecule has 3 fully saturated rings. The summed E-state index contributed by atoms with van der Waals surface area (Å²) in [4.78, 5) is 42.0. The number of carbonyl (C=O) groups excluding carboxylic acids is 3. The summed E-state index contributed by atoms with van der Waals surface area (Å²) in [5.74, 6) is -0.445. The maximum atomic E-state index is 15.1. The highest BCUT2D eigenvalue weighted by atomic mass is 19.1. The standard InChI is InChI=1S/C27H40FN5O4/c1-18-16-33(23-7-5-20(15-21(23)28)29-22-6-8-24(34)30-25(22)35)14-13-32(18)17-19-9-11-31(12-10-19)26(36)37-27(2,3)4/h5,7,15,18-19,22,29H,6,8-14,16-17H2,1-4H3,(H,30,34,35)/t18-,22?/m1/s1. The number of nitrogens with zero attached hydrogens (tertiary/aromatic N) is 3. The summed E-state index contributed by atoms with van der Waals surface area (Å²) in [6.45, 7) is 12.6. The number of rotatable bonds is 5. The van der Waals surface area contributed by atoms with Gasteiger partial charge in [-0.1, -0.05) is 0 Å². The second-order valence-electron chi connectivity index (χ2n) is 11.5. The SMILES string of the molecule is C[C@@H]1CN(c2ccc(NC3CCC(=O)NC3=O)cc2F)CCN1CC1CCN(C(=O)OC(C)(C)C)CC1. The van der Waals surface area contributed by atoms with Gasteiger partial charge in [-0.3, -0.25) is 19.8 Å². The van der Waals surface area contributed by atoms with Crippen molar-refractivity contribution in [2.24, 2.45) is 5.92 Å². The molecule has 0 aliphatic carbocycles. The summed E-state index contributed by atoms with van der Waals surface area (Å²) in [6, 6.07) is 4.71. The van der Waals surface area contributed by atoms with Gasteiger partial charge in [-0.05, 0) is 71.1 Å². The van der Waals surface area contributed by atoms with E-state index in [0.717, 1.165) is 52.1 Å². The Hall–Kier alpha value is -2.88. The van der Waals surface area contributed by atoms with Gasteiger partial charge in [-0.2, -0.15) is 0 Å². The van der Waals surface area contributed by atoms with Gasteiger partial charge in [0, 0.05) is 57.4 Å². The Bertz CT molecular complexity index is 1010. The molecule has 9 nitrogen and oxygen atoms in total. The number of piperidine rings is 2. The van der Waals surface area contributed by atoms with Crippen molar-refractivity contribution in [3.8, 4) is 0 Å². The number of hydrogen-bond acceptors (Lipinski definition) is 7. The zero-order chi connectivity index (χ0) is 26.7. The zero-order valence-corrected chi connectivity index (χ0v) is 22.4. The van der Waals surface area contributed by atoms with Gasteiger partial charge in [0.25, 0.3) is 0 Å². The Morgan fingerprint density at radius 3 is 2.49 bits per heavy atom. The van der Waals surface area contributed by atoms with Crippen molar-refractivity contribution in [2.75, 3.05) is 49.5 Å². The Morgan fingerprint density at radius 1 is 1.14 bits per heavy atom. The molecule has 37 heavy (non-hydrogen) atoms. The Morgan fingerprint density at radius 2 is 1.86 bits per heavy atom. The van der Waals surface area contributed by atoms with Gasteiger partial charge < -0.3 is 19.9 Å². The number of ether oxygens (including phenoxy) is 1. The summed E-state index contributed by atoms with van der Waals surface area (Å²) < 4.78 is 20.6. The van der Waals surface area contributed by atoms with Crippen LogP contribution in [0.3, 0.4) is 0 Å². The first-order valence-electron chi connectivity index (χ1n) is 13.3. The van der Waals surface area contributed by atoms with Gasteiger partial charge in [-0.25, -0.2) is 9.18 Å². The van der Waals surface area contributed by atoms with Crippen molar-refractivity contribution in [3.05, 3.63) is 24.0 Å². The number of hydrogen-bond donors (Lipinski definition) is 2. The highest BCUT2D eigenvalue weighted by Crippen LogP contribution is 2.28. The van der Waals surface area contributed by atoms with Crippen molar-refractivity contribution >= 4 is 29.3 Å². The number of piperazine rings is 1. The van der Waals surface area contributed by atoms with E-state index in [1.165, 1.54) is 6.07 Å². The molecule has 0 bridgehead atoms. The zero-order valence-electron chi connectivity index (χ0n) is 22.4. The predicted octanol–water partition coefficient (Wildman–Crippen LogP) is 3.20. The number of halogens is 1. The van der Waals surface area contributed by atoms with E-state index < -0.39 is 11.6 Å². The molecule has 3 heterocycles. The number of amides is 3. The van der Waals surface area contributed by atoms with E-state index in [9.17, 15) is 14.4 Å². The van der Waals surface area contributed by atoms with Gasteiger partial charge in [0.1, 0.15) is 17.5 Å². The Kier molecular flexibility index (Phi) is 8.26. The van der Waals surface area contributed by atoms with Gasteiger partial charge >= 0.3 is 6.09 Å². The lowest BCUT2D eigenvalue weighted by Crippen LogP contribution is -2.54. The maximum Gasteiger partial charge on any atom is 0.410 e. The molecule has 3 amide bonds. The molecule has 3 aliphatic rings. The average molecular weight is 518 g/mol. The van der Waals surface area contributed by atoms with E-state index in [-0.39, 0.29) is 36.2 Å². The van der Waals surface area contributed by atoms with Crippen LogP contribution in [0.5, 0.6) is 0 Å². The monoisotopic (exact) mass is 517 g/mol. The lowest BCUT2D eigenvalue weighted by atomic mass is 9.95. The Balaban J connectivity index is 1.25. The fourth-order valence-corrected chi connectivity index (χ4v) is 5.33. The fourth-order valence-electron chi connectivity index (χ4n) is 5.33. The molecular weight excluding hydrogens is 477 g/mol. The predicted molar refractivity (Wildman–Crippen MR) is 140 cm³/mol. The van der Waals surface area contributed by atoms with E-state index in [2.05, 4.69) is 27.4 Å². The van der Waals surface area contributed by atoms with Crippen LogP contribution in [0.15, 0.2) is 18.2 Å². The van der Waals surface area contributed by atoms with Gasteiger partial charge in [0.05, 0.1) is 5.69 Å². The molecule has 1 aromatic rings. The minimum Gasteiger partial charge on any atom is -0.444 e. The molecule has 0 aromatic heterocycles. The molecule has 0 radical (unpaired) electrons. The number of anilines is 2. The molecule has 1 aromatic carbocycles. The van der Waals surface area contributed by atoms with E-state index in [4.69, 9.17) is 4.74 Å². The number of nitrogens with one attached hydrogen (secondary N) is 2. The van der Waals surface area contributed by atoms with Crippen LogP contribution in [0, 0.1) is 11.7 Å². The van der Waals surface area contributed by atoms with Crippen LogP contribution in [-0.4, -0.2) is 84.7 Å². The summed E-state index contributed by atoms with van der Waals surface area (Å²) in [5.41, 5.74) is 0.610. The van der Waals surface area contributed by atoms with E-state index in [1.807, 2.05) is 25.7 Å². The van der Waals surface area contributed by atoms with E-state index in [1.54, 1.807) is 12.1 Å². The van der Waals surface area contributed by atoms with Crippen LogP contribution in [-0.2, 0) is 14.3 Å². The third-order valence-electron chi connectivity index (χ3n) is 7.39. The highest BCUT2D eigenvalue weighted by Gasteiger charge is 2.31. The van der Waals surface area contributed by atoms with Gasteiger partial charge in [0.2, 0.25) is 11.8 Å². The first-order chi connectivity index (χ1) is 17.5. The first kappa shape index (κ1) is 27.2. The molecule has 4 rings (SSSR count). The average Bonchev–Trinajstić information content (AvgIpc) is 2.82. The number of carbonyl (C=O) groups is 3. The largest absolute Gasteiger partial charge is 0.444 e. The smallest absolute Gasteiger partial charge is 0.410 e. The lowest BCUT2D eigenvalue weighted by Gasteiger charge is -2.43. The number of likely N-dealkylation sites (tertiary alicyclic amines) is 1. The lowest BCUT2D eigenvalue weighted by molar-refractivity contribution is -0.133. The molecule has 2 atom stereocenters. The van der Waals surface area contributed by atoms with Crippen LogP contribution in [0.25, 0.3) is 0 Å². The minimum atomic E-state index is -0.539. The molecular formula is C27H40FN5O4. The maximum absolute atomic E-state index is 15.1. The van der Waals surface area contributed by atoms with Gasteiger partial charge in [-0.15, -0.1) is 0 Å². The third-order valence-corrected chi connectivity index (χ3v) is 7.39. The van der Waals surface area contributed by atoms with Crippen molar-refractivity contribution in [2.45, 2.75) is 71.1 Å². The summed E-state index contributed by atoms with van der Waals surface area (Å²) in [6.07, 6.45) is 2.36. The first-order valence-corrected chi connectivity index (χ1v) is 13.3.